The summed E-state index contributed by atoms with van der Waals surface area (Å²) >= 11 is 1.40. The van der Waals surface area contributed by atoms with Crippen molar-refractivity contribution in [2.45, 2.75) is 55.6 Å². The normalized spacial score (nSPS) is 16.4. The molecule has 1 aromatic heterocycles. The van der Waals surface area contributed by atoms with Gasteiger partial charge in [-0.15, -0.1) is 5.10 Å². The number of tetrazole rings is 1. The van der Waals surface area contributed by atoms with Gasteiger partial charge in [-0.3, -0.25) is 4.79 Å². The van der Waals surface area contributed by atoms with Gasteiger partial charge in [-0.2, -0.15) is 0 Å². The van der Waals surface area contributed by atoms with E-state index in [0.717, 1.165) is 18.4 Å². The molecule has 0 aliphatic heterocycles. The highest BCUT2D eigenvalue weighted by molar-refractivity contribution is 8.00. The standard InChI is InChI=1S/C16H21N5OS/c1-12(15(22)17-14-9-5-6-10-14)23-16-18-19-20-21(16)11-13-7-3-2-4-8-13/h2-4,7-8,12,14H,5-6,9-11H2,1H3,(H,17,22). The molecule has 0 bridgehead atoms. The largest absolute Gasteiger partial charge is 0.352 e. The number of rotatable bonds is 6. The Labute approximate surface area is 140 Å². The van der Waals surface area contributed by atoms with Gasteiger partial charge in [-0.1, -0.05) is 54.9 Å². The third-order valence-corrected chi connectivity index (χ3v) is 5.10. The fourth-order valence-corrected chi connectivity index (χ4v) is 3.53. The SMILES string of the molecule is CC(Sc1nnnn1Cc1ccccc1)C(=O)NC1CCCC1. The summed E-state index contributed by atoms with van der Waals surface area (Å²) in [5.74, 6) is 0.0659. The third kappa shape index (κ3) is 4.31. The van der Waals surface area contributed by atoms with Gasteiger partial charge in [0.2, 0.25) is 11.1 Å². The van der Waals surface area contributed by atoms with Gasteiger partial charge in [0.1, 0.15) is 0 Å². The van der Waals surface area contributed by atoms with Crippen LogP contribution in [0, 0.1) is 0 Å². The number of benzene rings is 1. The van der Waals surface area contributed by atoms with Gasteiger partial charge in [-0.05, 0) is 35.8 Å². The molecule has 0 saturated heterocycles. The van der Waals surface area contributed by atoms with E-state index < -0.39 is 0 Å². The second-order valence-electron chi connectivity index (χ2n) is 5.85. The topological polar surface area (TPSA) is 72.7 Å². The molecule has 1 N–H and O–H groups in total. The van der Waals surface area contributed by atoms with Crippen molar-refractivity contribution in [2.75, 3.05) is 0 Å². The van der Waals surface area contributed by atoms with E-state index in [4.69, 9.17) is 0 Å². The van der Waals surface area contributed by atoms with E-state index >= 15 is 0 Å². The molecule has 6 nitrogen and oxygen atoms in total. The lowest BCUT2D eigenvalue weighted by Gasteiger charge is -2.15. The number of carbonyl (C=O) groups excluding carboxylic acids is 1. The van der Waals surface area contributed by atoms with E-state index in [0.29, 0.717) is 17.7 Å². The van der Waals surface area contributed by atoms with Gasteiger partial charge in [0, 0.05) is 6.04 Å². The van der Waals surface area contributed by atoms with E-state index in [-0.39, 0.29) is 11.2 Å². The Balaban J connectivity index is 1.59. The van der Waals surface area contributed by atoms with Crippen molar-refractivity contribution in [3.05, 3.63) is 35.9 Å². The van der Waals surface area contributed by atoms with E-state index in [1.807, 2.05) is 37.3 Å². The van der Waals surface area contributed by atoms with E-state index in [2.05, 4.69) is 20.8 Å². The highest BCUT2D eigenvalue weighted by Crippen LogP contribution is 2.23. The van der Waals surface area contributed by atoms with Crippen molar-refractivity contribution in [1.29, 1.82) is 0 Å². The maximum atomic E-state index is 12.3. The summed E-state index contributed by atoms with van der Waals surface area (Å²) in [6.07, 6.45) is 4.60. The van der Waals surface area contributed by atoms with Crippen LogP contribution < -0.4 is 5.32 Å². The summed E-state index contributed by atoms with van der Waals surface area (Å²) in [5.41, 5.74) is 1.13. The number of nitrogens with one attached hydrogen (secondary N) is 1. The zero-order chi connectivity index (χ0) is 16.1. The Hall–Kier alpha value is -1.89. The Bertz CT molecular complexity index is 639. The average Bonchev–Trinajstić information content (AvgIpc) is 3.21. The summed E-state index contributed by atoms with van der Waals surface area (Å²) in [4.78, 5) is 12.3. The molecule has 23 heavy (non-hydrogen) atoms. The summed E-state index contributed by atoms with van der Waals surface area (Å²) in [7, 11) is 0. The smallest absolute Gasteiger partial charge is 0.233 e. The molecule has 0 radical (unpaired) electrons. The molecule has 1 aromatic carbocycles. The highest BCUT2D eigenvalue weighted by atomic mass is 32.2. The molecular weight excluding hydrogens is 310 g/mol. The fraction of sp³-hybridized carbons (Fsp3) is 0.500. The van der Waals surface area contributed by atoms with Crippen molar-refractivity contribution < 1.29 is 4.79 Å². The Morgan fingerprint density at radius 2 is 2.09 bits per heavy atom. The maximum absolute atomic E-state index is 12.3. The maximum Gasteiger partial charge on any atom is 0.233 e. The predicted octanol–water partition coefficient (Wildman–Crippen LogP) is 2.26. The summed E-state index contributed by atoms with van der Waals surface area (Å²) in [5, 5.41) is 15.4. The Morgan fingerprint density at radius 3 is 2.83 bits per heavy atom. The molecule has 3 rings (SSSR count). The van der Waals surface area contributed by atoms with Crippen LogP contribution in [0.25, 0.3) is 0 Å². The molecule has 1 atom stereocenters. The van der Waals surface area contributed by atoms with Crippen LogP contribution in [0.5, 0.6) is 0 Å². The predicted molar refractivity (Wildman–Crippen MR) is 89.1 cm³/mol. The van der Waals surface area contributed by atoms with E-state index in [1.165, 1.54) is 24.6 Å². The number of carbonyl (C=O) groups is 1. The molecule has 1 fully saturated rings. The number of nitrogens with zero attached hydrogens (tertiary/aromatic N) is 4. The minimum absolute atomic E-state index is 0.0659. The van der Waals surface area contributed by atoms with Gasteiger partial charge in [0.25, 0.3) is 0 Å². The van der Waals surface area contributed by atoms with Crippen molar-refractivity contribution in [3.8, 4) is 0 Å². The van der Waals surface area contributed by atoms with E-state index in [1.54, 1.807) is 4.68 Å². The van der Waals surface area contributed by atoms with Gasteiger partial charge < -0.3 is 5.32 Å². The first-order chi connectivity index (χ1) is 11.2. The van der Waals surface area contributed by atoms with Gasteiger partial charge in [0.05, 0.1) is 11.8 Å². The Morgan fingerprint density at radius 1 is 1.35 bits per heavy atom. The van der Waals surface area contributed by atoms with Crippen LogP contribution in [0.1, 0.15) is 38.2 Å². The lowest BCUT2D eigenvalue weighted by Crippen LogP contribution is -2.37. The molecule has 1 amide bonds. The Kier molecular flexibility index (Phi) is 5.27. The lowest BCUT2D eigenvalue weighted by molar-refractivity contribution is -0.120. The van der Waals surface area contributed by atoms with Crippen molar-refractivity contribution in [2.24, 2.45) is 0 Å². The number of amides is 1. The quantitative estimate of drug-likeness (QED) is 0.822. The zero-order valence-corrected chi connectivity index (χ0v) is 14.0. The number of aromatic nitrogens is 4. The monoisotopic (exact) mass is 331 g/mol. The molecule has 2 aromatic rings. The van der Waals surface area contributed by atoms with Crippen LogP contribution in [0.3, 0.4) is 0 Å². The molecule has 122 valence electrons. The molecule has 1 aliphatic rings. The van der Waals surface area contributed by atoms with E-state index in [9.17, 15) is 4.79 Å². The first-order valence-corrected chi connectivity index (χ1v) is 8.87. The number of thioether (sulfide) groups is 1. The van der Waals surface area contributed by atoms with Gasteiger partial charge >= 0.3 is 0 Å². The van der Waals surface area contributed by atoms with Crippen LogP contribution in [-0.2, 0) is 11.3 Å². The highest BCUT2D eigenvalue weighted by Gasteiger charge is 2.23. The lowest BCUT2D eigenvalue weighted by atomic mass is 10.2. The summed E-state index contributed by atoms with van der Waals surface area (Å²) in [6.45, 7) is 2.50. The molecule has 1 aliphatic carbocycles. The van der Waals surface area contributed by atoms with Gasteiger partial charge in [-0.25, -0.2) is 4.68 Å². The van der Waals surface area contributed by atoms with Crippen LogP contribution >= 0.6 is 11.8 Å². The summed E-state index contributed by atoms with van der Waals surface area (Å²) < 4.78 is 1.74. The van der Waals surface area contributed by atoms with Crippen molar-refractivity contribution >= 4 is 17.7 Å². The third-order valence-electron chi connectivity index (χ3n) is 4.03. The molecule has 1 saturated carbocycles. The van der Waals surface area contributed by atoms with Gasteiger partial charge in [0.15, 0.2) is 0 Å². The minimum atomic E-state index is -0.212. The first-order valence-electron chi connectivity index (χ1n) is 7.99. The van der Waals surface area contributed by atoms with Crippen LogP contribution in [0.2, 0.25) is 0 Å². The number of hydrogen-bond acceptors (Lipinski definition) is 5. The van der Waals surface area contributed by atoms with Crippen LogP contribution in [0.4, 0.5) is 0 Å². The van der Waals surface area contributed by atoms with Crippen LogP contribution in [0.15, 0.2) is 35.5 Å². The van der Waals surface area contributed by atoms with Crippen LogP contribution in [-0.4, -0.2) is 37.4 Å². The molecule has 1 heterocycles. The molecular formula is C16H21N5OS. The molecule has 0 spiro atoms. The molecule has 1 unspecified atom stereocenters. The van der Waals surface area contributed by atoms with Crippen molar-refractivity contribution in [3.63, 3.8) is 0 Å². The average molecular weight is 331 g/mol. The zero-order valence-electron chi connectivity index (χ0n) is 13.2. The van der Waals surface area contributed by atoms with Crippen molar-refractivity contribution in [1.82, 2.24) is 25.5 Å². The second-order valence-corrected chi connectivity index (χ2v) is 7.16. The second kappa shape index (κ2) is 7.59. The first kappa shape index (κ1) is 16.0. The molecule has 7 heteroatoms. The minimum Gasteiger partial charge on any atom is -0.352 e. The summed E-state index contributed by atoms with van der Waals surface area (Å²) in [6, 6.07) is 10.4. The number of hydrogen-bond donors (Lipinski definition) is 1. The fourth-order valence-electron chi connectivity index (χ4n) is 2.74.